The number of hydrogen-bond donors (Lipinski definition) is 2. The lowest BCUT2D eigenvalue weighted by Gasteiger charge is -2.13. The van der Waals surface area contributed by atoms with Crippen molar-refractivity contribution in [2.45, 2.75) is 13.8 Å². The Morgan fingerprint density at radius 2 is 1.61 bits per heavy atom. The zero-order chi connectivity index (χ0) is 31.2. The van der Waals surface area contributed by atoms with Gasteiger partial charge in [0.1, 0.15) is 11.4 Å². The van der Waals surface area contributed by atoms with E-state index in [1.807, 2.05) is 38.1 Å². The van der Waals surface area contributed by atoms with Gasteiger partial charge in [0.2, 0.25) is 0 Å². The van der Waals surface area contributed by atoms with Gasteiger partial charge in [-0.15, -0.1) is 0 Å². The van der Waals surface area contributed by atoms with Gasteiger partial charge in [0.25, 0.3) is 5.91 Å². The third-order valence-electron chi connectivity index (χ3n) is 6.48. The molecule has 0 saturated carbocycles. The van der Waals surface area contributed by atoms with Crippen LogP contribution in [-0.2, 0) is 0 Å². The number of ether oxygens (including phenoxy) is 3. The molecule has 0 radical (unpaired) electrons. The summed E-state index contributed by atoms with van der Waals surface area (Å²) in [6.07, 6.45) is 1.39. The van der Waals surface area contributed by atoms with Gasteiger partial charge in [0, 0.05) is 31.6 Å². The van der Waals surface area contributed by atoms with Crippen molar-refractivity contribution in [3.05, 3.63) is 110 Å². The third-order valence-corrected chi connectivity index (χ3v) is 7.61. The number of halogens is 3. The maximum absolute atomic E-state index is 13.4. The lowest BCUT2D eigenvalue weighted by molar-refractivity contribution is 0.0733. The van der Waals surface area contributed by atoms with Gasteiger partial charge >= 0.3 is 5.97 Å². The third kappa shape index (κ3) is 6.75. The Morgan fingerprint density at radius 1 is 0.886 bits per heavy atom. The van der Waals surface area contributed by atoms with E-state index >= 15 is 0 Å². The number of H-pyrrole nitrogens is 1. The van der Waals surface area contributed by atoms with E-state index in [0.29, 0.717) is 57.0 Å². The monoisotopic (exact) mass is 693 g/mol. The van der Waals surface area contributed by atoms with Crippen LogP contribution in [-0.4, -0.2) is 36.3 Å². The van der Waals surface area contributed by atoms with Crippen molar-refractivity contribution in [3.63, 3.8) is 0 Å². The largest absolute Gasteiger partial charge is 0.490 e. The molecule has 11 heteroatoms. The van der Waals surface area contributed by atoms with Gasteiger partial charge in [-0.2, -0.15) is 5.10 Å². The predicted octanol–water partition coefficient (Wildman–Crippen LogP) is 8.68. The predicted molar refractivity (Wildman–Crippen MR) is 177 cm³/mol. The van der Waals surface area contributed by atoms with Gasteiger partial charge in [0.05, 0.1) is 35.5 Å². The molecule has 0 atom stereocenters. The number of carbonyl (C=O) groups excluding carboxylic acids is 2. The van der Waals surface area contributed by atoms with Crippen molar-refractivity contribution < 1.29 is 23.8 Å². The highest BCUT2D eigenvalue weighted by Gasteiger charge is 2.22. The topological polar surface area (TPSA) is 102 Å². The van der Waals surface area contributed by atoms with Crippen molar-refractivity contribution in [1.29, 1.82) is 0 Å². The number of nitrogens with one attached hydrogen (secondary N) is 2. The molecule has 5 aromatic rings. The molecular weight excluding hydrogens is 669 g/mol. The quantitative estimate of drug-likeness (QED) is 0.0659. The average molecular weight is 695 g/mol. The first-order valence-electron chi connectivity index (χ1n) is 13.6. The summed E-state index contributed by atoms with van der Waals surface area (Å²) in [6.45, 7) is 4.57. The van der Waals surface area contributed by atoms with E-state index < -0.39 is 11.9 Å². The maximum Gasteiger partial charge on any atom is 0.343 e. The lowest BCUT2D eigenvalue weighted by atomic mass is 10.0. The zero-order valence-electron chi connectivity index (χ0n) is 23.6. The van der Waals surface area contributed by atoms with E-state index in [1.165, 1.54) is 6.21 Å². The molecule has 0 spiro atoms. The van der Waals surface area contributed by atoms with E-state index in [9.17, 15) is 9.59 Å². The fraction of sp³-hybridized carbons (Fsp3) is 0.121. The smallest absolute Gasteiger partial charge is 0.343 e. The second-order valence-corrected chi connectivity index (χ2v) is 11.0. The molecule has 44 heavy (non-hydrogen) atoms. The molecule has 1 aromatic heterocycles. The van der Waals surface area contributed by atoms with E-state index in [4.69, 9.17) is 37.4 Å². The molecule has 0 bridgehead atoms. The first-order chi connectivity index (χ1) is 21.3. The molecule has 4 aromatic carbocycles. The first-order valence-corrected chi connectivity index (χ1v) is 15.2. The van der Waals surface area contributed by atoms with Gasteiger partial charge in [-0.05, 0) is 62.4 Å². The van der Waals surface area contributed by atoms with Gasteiger partial charge in [-0.3, -0.25) is 4.79 Å². The lowest BCUT2D eigenvalue weighted by Crippen LogP contribution is -2.19. The van der Waals surface area contributed by atoms with Crippen molar-refractivity contribution in [3.8, 4) is 28.4 Å². The number of rotatable bonds is 10. The van der Waals surface area contributed by atoms with Crippen LogP contribution in [0.5, 0.6) is 17.2 Å². The minimum Gasteiger partial charge on any atom is -0.490 e. The molecular formula is C33H26BrCl2N3O5. The van der Waals surface area contributed by atoms with Crippen molar-refractivity contribution >= 4 is 68.1 Å². The summed E-state index contributed by atoms with van der Waals surface area (Å²) < 4.78 is 17.6. The number of hydrazone groups is 1. The van der Waals surface area contributed by atoms with Crippen LogP contribution >= 0.6 is 39.1 Å². The highest BCUT2D eigenvalue weighted by Crippen LogP contribution is 2.38. The molecule has 224 valence electrons. The highest BCUT2D eigenvalue weighted by atomic mass is 79.9. The number of fused-ring (bicyclic) bond motifs is 1. The summed E-state index contributed by atoms with van der Waals surface area (Å²) in [4.78, 5) is 29.6. The fourth-order valence-electron chi connectivity index (χ4n) is 4.56. The number of nitrogens with zero attached hydrogens (tertiary/aromatic N) is 1. The Balaban J connectivity index is 1.40. The first kappa shape index (κ1) is 31.1. The number of benzene rings is 4. The SMILES string of the molecule is CCOc1ccc(C(=O)Oc2ccc(Br)cc2C=NNC(=O)c2[nH]c3c(Cl)cccc3c2-c2ccccc2Cl)cc1OCC. The summed E-state index contributed by atoms with van der Waals surface area (Å²) in [5, 5.41) is 5.84. The molecule has 0 aliphatic rings. The van der Waals surface area contributed by atoms with E-state index in [1.54, 1.807) is 54.6 Å². The molecule has 0 fully saturated rings. The summed E-state index contributed by atoms with van der Waals surface area (Å²) in [6, 6.07) is 22.5. The van der Waals surface area contributed by atoms with Crippen LogP contribution in [0.2, 0.25) is 10.0 Å². The Bertz CT molecular complexity index is 1890. The number of carbonyl (C=O) groups is 2. The second kappa shape index (κ2) is 14.0. The number of hydrogen-bond acceptors (Lipinski definition) is 6. The van der Waals surface area contributed by atoms with Crippen molar-refractivity contribution in [2.24, 2.45) is 5.10 Å². The highest BCUT2D eigenvalue weighted by molar-refractivity contribution is 9.10. The molecule has 0 aliphatic heterocycles. The van der Waals surface area contributed by atoms with Gasteiger partial charge in [-0.1, -0.05) is 69.5 Å². The number of aromatic nitrogens is 1. The Hall–Kier alpha value is -4.31. The molecule has 1 amide bonds. The standard InChI is InChI=1S/C33H26BrCl2N3O5/c1-3-42-27-14-12-19(17-28(27)43-4-2)33(41)44-26-15-13-21(34)16-20(26)18-37-39-32(40)31-29(22-8-5-6-10-24(22)35)23-9-7-11-25(36)30(23)38-31/h5-18,38H,3-4H2,1-2H3,(H,39,40). The summed E-state index contributed by atoms with van der Waals surface area (Å²) in [5.41, 5.74) is 5.37. The number of aromatic amines is 1. The van der Waals surface area contributed by atoms with Crippen LogP contribution in [0.1, 0.15) is 40.3 Å². The molecule has 0 aliphatic carbocycles. The van der Waals surface area contributed by atoms with Crippen molar-refractivity contribution in [2.75, 3.05) is 13.2 Å². The minimum atomic E-state index is -0.602. The van der Waals surface area contributed by atoms with E-state index in [2.05, 4.69) is 31.4 Å². The average Bonchev–Trinajstić information content (AvgIpc) is 3.40. The fourth-order valence-corrected chi connectivity index (χ4v) is 5.39. The van der Waals surface area contributed by atoms with Gasteiger partial charge < -0.3 is 19.2 Å². The Morgan fingerprint density at radius 3 is 2.39 bits per heavy atom. The Kier molecular flexibility index (Phi) is 9.89. The van der Waals surface area contributed by atoms with Crippen LogP contribution < -0.4 is 19.6 Å². The molecule has 5 rings (SSSR count). The van der Waals surface area contributed by atoms with Crippen molar-refractivity contribution in [1.82, 2.24) is 10.4 Å². The molecule has 0 saturated heterocycles. The van der Waals surface area contributed by atoms with E-state index in [0.717, 1.165) is 9.86 Å². The maximum atomic E-state index is 13.4. The summed E-state index contributed by atoms with van der Waals surface area (Å²) in [5.74, 6) is 0.0907. The van der Waals surface area contributed by atoms with Gasteiger partial charge in [0.15, 0.2) is 11.5 Å². The molecule has 1 heterocycles. The van der Waals surface area contributed by atoms with Crippen LogP contribution in [0.25, 0.3) is 22.0 Å². The zero-order valence-corrected chi connectivity index (χ0v) is 26.7. The number of amides is 1. The summed E-state index contributed by atoms with van der Waals surface area (Å²) in [7, 11) is 0. The number of esters is 1. The number of para-hydroxylation sites is 1. The van der Waals surface area contributed by atoms with Crippen LogP contribution in [0.3, 0.4) is 0 Å². The minimum absolute atomic E-state index is 0.234. The van der Waals surface area contributed by atoms with Crippen LogP contribution in [0, 0.1) is 0 Å². The normalized spacial score (nSPS) is 11.1. The summed E-state index contributed by atoms with van der Waals surface area (Å²) >= 11 is 16.4. The Labute approximate surface area is 272 Å². The van der Waals surface area contributed by atoms with Crippen LogP contribution in [0.15, 0.2) is 88.4 Å². The van der Waals surface area contributed by atoms with E-state index in [-0.39, 0.29) is 17.0 Å². The molecule has 8 nitrogen and oxygen atoms in total. The molecule has 0 unspecified atom stereocenters. The molecule has 2 N–H and O–H groups in total. The van der Waals surface area contributed by atoms with Crippen LogP contribution in [0.4, 0.5) is 0 Å². The second-order valence-electron chi connectivity index (χ2n) is 9.32. The van der Waals surface area contributed by atoms with Gasteiger partial charge in [-0.25, -0.2) is 10.2 Å².